The number of ether oxygens (including phenoxy) is 2. The molecule has 0 bridgehead atoms. The number of carbonyl (C=O) groups excluding carboxylic acids is 1. The zero-order chi connectivity index (χ0) is 23.7. The number of nitrogens with one attached hydrogen (secondary N) is 2. The van der Waals surface area contributed by atoms with E-state index in [1.807, 2.05) is 17.2 Å². The van der Waals surface area contributed by atoms with E-state index in [0.29, 0.717) is 54.9 Å². The number of nitriles is 1. The molecule has 3 aromatic heterocycles. The van der Waals surface area contributed by atoms with Gasteiger partial charge in [0.15, 0.2) is 0 Å². The molecule has 5 rings (SSSR count). The summed E-state index contributed by atoms with van der Waals surface area (Å²) in [5.41, 5.74) is 2.29. The van der Waals surface area contributed by atoms with Gasteiger partial charge in [0.25, 0.3) is 0 Å². The molecule has 0 spiro atoms. The average Bonchev–Trinajstić information content (AvgIpc) is 3.61. The van der Waals surface area contributed by atoms with Crippen LogP contribution in [0.15, 0.2) is 18.5 Å². The number of methoxy groups -OCH3 is 1. The molecule has 178 valence electrons. The molecule has 11 nitrogen and oxygen atoms in total. The van der Waals surface area contributed by atoms with Crippen molar-refractivity contribution in [1.29, 1.82) is 5.26 Å². The van der Waals surface area contributed by atoms with Crippen LogP contribution in [0, 0.1) is 23.2 Å². The second kappa shape index (κ2) is 9.44. The number of H-pyrrole nitrogens is 1. The van der Waals surface area contributed by atoms with Gasteiger partial charge in [-0.1, -0.05) is 0 Å². The van der Waals surface area contributed by atoms with Crippen LogP contribution in [0.3, 0.4) is 0 Å². The fourth-order valence-corrected chi connectivity index (χ4v) is 5.60. The van der Waals surface area contributed by atoms with Gasteiger partial charge in [-0.15, -0.1) is 4.37 Å². The first kappa shape index (κ1) is 22.4. The number of aromatic nitrogens is 4. The number of urea groups is 1. The summed E-state index contributed by atoms with van der Waals surface area (Å²) in [7, 11) is 3.65. The van der Waals surface area contributed by atoms with E-state index in [4.69, 9.17) is 9.47 Å². The molecule has 2 amide bonds. The van der Waals surface area contributed by atoms with Gasteiger partial charge in [0.2, 0.25) is 5.13 Å². The van der Waals surface area contributed by atoms with Gasteiger partial charge in [0.1, 0.15) is 18.3 Å². The number of likely N-dealkylation sites (tertiary alicyclic amines) is 1. The normalized spacial score (nSPS) is 21.4. The van der Waals surface area contributed by atoms with Gasteiger partial charge in [-0.25, -0.2) is 9.78 Å². The van der Waals surface area contributed by atoms with Crippen LogP contribution in [0.25, 0.3) is 11.0 Å². The molecule has 1 aliphatic heterocycles. The number of anilines is 2. The maximum Gasteiger partial charge on any atom is 0.330 e. The van der Waals surface area contributed by atoms with Gasteiger partial charge in [-0.2, -0.15) is 10.2 Å². The third-order valence-electron chi connectivity index (χ3n) is 6.73. The lowest BCUT2D eigenvalue weighted by Crippen LogP contribution is -2.36. The monoisotopic (exact) mass is 482 g/mol. The zero-order valence-electron chi connectivity index (χ0n) is 19.0. The number of aromatic amines is 1. The van der Waals surface area contributed by atoms with Crippen molar-refractivity contribution in [3.8, 4) is 12.1 Å². The highest BCUT2D eigenvalue weighted by molar-refractivity contribution is 7.10. The minimum Gasteiger partial charge on any atom is -0.460 e. The van der Waals surface area contributed by atoms with Gasteiger partial charge in [-0.05, 0) is 30.7 Å². The topological polar surface area (TPSA) is 132 Å². The zero-order valence-corrected chi connectivity index (χ0v) is 19.8. The van der Waals surface area contributed by atoms with E-state index >= 15 is 0 Å². The lowest BCUT2D eigenvalue weighted by Gasteiger charge is -2.29. The van der Waals surface area contributed by atoms with Crippen LogP contribution in [0.2, 0.25) is 0 Å². The van der Waals surface area contributed by atoms with Crippen molar-refractivity contribution in [2.45, 2.75) is 18.9 Å². The maximum atomic E-state index is 12.8. The molecule has 0 radical (unpaired) electrons. The fourth-order valence-electron chi connectivity index (χ4n) is 5.09. The van der Waals surface area contributed by atoms with Crippen molar-refractivity contribution in [2.24, 2.45) is 11.8 Å². The van der Waals surface area contributed by atoms with Crippen molar-refractivity contribution in [3.63, 3.8) is 0 Å². The minimum absolute atomic E-state index is 0.158. The first-order chi connectivity index (χ1) is 16.6. The van der Waals surface area contributed by atoms with E-state index < -0.39 is 0 Å². The highest BCUT2D eigenvalue weighted by atomic mass is 32.1. The van der Waals surface area contributed by atoms with Crippen LogP contribution in [0.4, 0.5) is 15.6 Å². The van der Waals surface area contributed by atoms with E-state index in [0.717, 1.165) is 41.1 Å². The smallest absolute Gasteiger partial charge is 0.330 e. The quantitative estimate of drug-likeness (QED) is 0.491. The summed E-state index contributed by atoms with van der Waals surface area (Å²) < 4.78 is 14.4. The van der Waals surface area contributed by atoms with E-state index in [9.17, 15) is 10.1 Å². The number of hydrogen-bond acceptors (Lipinski definition) is 9. The summed E-state index contributed by atoms with van der Waals surface area (Å²) in [6.45, 7) is 2.22. The maximum absolute atomic E-state index is 12.8. The molecule has 1 saturated heterocycles. The Kier molecular flexibility index (Phi) is 6.21. The Morgan fingerprint density at radius 1 is 1.38 bits per heavy atom. The Morgan fingerprint density at radius 3 is 2.91 bits per heavy atom. The van der Waals surface area contributed by atoms with E-state index in [1.165, 1.54) is 0 Å². The first-order valence-electron chi connectivity index (χ1n) is 11.2. The molecule has 2 fully saturated rings. The van der Waals surface area contributed by atoms with Crippen molar-refractivity contribution in [3.05, 3.63) is 24.0 Å². The fraction of sp³-hybridized carbons (Fsp3) is 0.500. The molecular weight excluding hydrogens is 456 g/mol. The predicted octanol–water partition coefficient (Wildman–Crippen LogP) is 2.69. The summed E-state index contributed by atoms with van der Waals surface area (Å²) in [5.74, 6) is 0.851. The lowest BCUT2D eigenvalue weighted by molar-refractivity contribution is 0.141. The number of carbonyl (C=O) groups is 1. The highest BCUT2D eigenvalue weighted by Crippen LogP contribution is 2.42. The molecular formula is C22H26N8O3S. The predicted molar refractivity (Wildman–Crippen MR) is 127 cm³/mol. The summed E-state index contributed by atoms with van der Waals surface area (Å²) in [5, 5.41) is 13.9. The standard InChI is InChI=1S/C22H26N8O3S/c1-29(18-15(9-23)10-25-19-17(18)3-4-24-19)16-7-13-11-30(12-14(13)8-16)22(31)27-21-26-20(28-34-21)33-6-5-32-2/h3-4,10,13-14,16H,5-8,11-12H2,1-2H3,(H,24,25)(H,26,27,28,31)/t13-,14+,16?. The Bertz CT molecular complexity index is 1210. The largest absolute Gasteiger partial charge is 0.460 e. The minimum atomic E-state index is -0.158. The van der Waals surface area contributed by atoms with Crippen molar-refractivity contribution < 1.29 is 14.3 Å². The van der Waals surface area contributed by atoms with Crippen LogP contribution in [0.5, 0.6) is 6.01 Å². The van der Waals surface area contributed by atoms with Crippen LogP contribution in [0.1, 0.15) is 18.4 Å². The van der Waals surface area contributed by atoms with Crippen molar-refractivity contribution in [1.82, 2.24) is 24.2 Å². The second-order valence-corrected chi connectivity index (χ2v) is 9.44. The number of nitrogens with zero attached hydrogens (tertiary/aromatic N) is 6. The molecule has 0 aromatic carbocycles. The van der Waals surface area contributed by atoms with E-state index in [1.54, 1.807) is 13.3 Å². The van der Waals surface area contributed by atoms with E-state index in [2.05, 4.69) is 42.7 Å². The van der Waals surface area contributed by atoms with Gasteiger partial charge >= 0.3 is 12.0 Å². The molecule has 12 heteroatoms. The number of rotatable bonds is 7. The van der Waals surface area contributed by atoms with Crippen molar-refractivity contribution in [2.75, 3.05) is 50.7 Å². The lowest BCUT2D eigenvalue weighted by atomic mass is 10.0. The molecule has 1 aliphatic carbocycles. The third-order valence-corrected chi connectivity index (χ3v) is 7.35. The van der Waals surface area contributed by atoms with Gasteiger partial charge in [-0.3, -0.25) is 5.32 Å². The summed E-state index contributed by atoms with van der Waals surface area (Å²) in [6, 6.07) is 4.65. The molecule has 4 heterocycles. The van der Waals surface area contributed by atoms with Gasteiger partial charge in [0, 0.05) is 62.6 Å². The van der Waals surface area contributed by atoms with E-state index in [-0.39, 0.29) is 12.0 Å². The molecule has 2 N–H and O–H groups in total. The molecule has 1 saturated carbocycles. The third kappa shape index (κ3) is 4.24. The second-order valence-electron chi connectivity index (χ2n) is 8.69. The number of pyridine rings is 1. The first-order valence-corrected chi connectivity index (χ1v) is 11.9. The Labute approximate surface area is 200 Å². The number of amides is 2. The number of fused-ring (bicyclic) bond motifs is 2. The summed E-state index contributed by atoms with van der Waals surface area (Å²) in [6.07, 6.45) is 5.43. The van der Waals surface area contributed by atoms with Crippen LogP contribution in [-0.4, -0.2) is 76.8 Å². The van der Waals surface area contributed by atoms with Crippen LogP contribution >= 0.6 is 11.5 Å². The SMILES string of the molecule is COCCOc1nsc(NC(=O)N2C[C@H]3CC(N(C)c4c(C#N)cnc5[nH]ccc45)C[C@H]3C2)n1. The molecule has 3 atom stereocenters. The van der Waals surface area contributed by atoms with Crippen LogP contribution < -0.4 is 15.0 Å². The Balaban J connectivity index is 1.19. The average molecular weight is 483 g/mol. The number of hydrogen-bond donors (Lipinski definition) is 2. The highest BCUT2D eigenvalue weighted by Gasteiger charge is 2.44. The van der Waals surface area contributed by atoms with Crippen molar-refractivity contribution >= 4 is 39.4 Å². The molecule has 3 aromatic rings. The summed E-state index contributed by atoms with van der Waals surface area (Å²) >= 11 is 1.10. The summed E-state index contributed by atoms with van der Waals surface area (Å²) in [4.78, 5) is 28.5. The van der Waals surface area contributed by atoms with Gasteiger partial charge < -0.3 is 24.3 Å². The van der Waals surface area contributed by atoms with Crippen LogP contribution in [-0.2, 0) is 4.74 Å². The molecule has 2 aliphatic rings. The molecule has 1 unspecified atom stereocenters. The molecule has 34 heavy (non-hydrogen) atoms. The Hall–Kier alpha value is -3.43. The van der Waals surface area contributed by atoms with Gasteiger partial charge in [0.05, 0.1) is 17.9 Å². The Morgan fingerprint density at radius 2 is 2.18 bits per heavy atom.